The minimum atomic E-state index is -3.81. The largest absolute Gasteiger partial charge is 0.491 e. The van der Waals surface area contributed by atoms with Crippen molar-refractivity contribution in [2.75, 3.05) is 13.2 Å². The molecule has 3 N–H and O–H groups in total. The molecule has 9 nitrogen and oxygen atoms in total. The quantitative estimate of drug-likeness (QED) is 0.493. The highest BCUT2D eigenvalue weighted by atomic mass is 32.2. The van der Waals surface area contributed by atoms with Crippen molar-refractivity contribution >= 4 is 27.0 Å². The van der Waals surface area contributed by atoms with Gasteiger partial charge in [-0.3, -0.25) is 9.89 Å². The van der Waals surface area contributed by atoms with Gasteiger partial charge in [-0.1, -0.05) is 0 Å². The first-order valence-corrected chi connectivity index (χ1v) is 11.4. The molecule has 1 amide bonds. The Hall–Kier alpha value is -3.76. The van der Waals surface area contributed by atoms with E-state index in [9.17, 15) is 13.2 Å². The topological polar surface area (TPSA) is 131 Å². The molecule has 0 unspecified atom stereocenters. The summed E-state index contributed by atoms with van der Waals surface area (Å²) in [6.07, 6.45) is 1.72. The molecule has 0 radical (unpaired) electrons. The second-order valence-corrected chi connectivity index (χ2v) is 9.03. The van der Waals surface area contributed by atoms with Gasteiger partial charge < -0.3 is 9.64 Å². The zero-order valence-electron chi connectivity index (χ0n) is 16.9. The van der Waals surface area contributed by atoms with Gasteiger partial charge in [0.05, 0.1) is 23.3 Å². The van der Waals surface area contributed by atoms with Gasteiger partial charge in [0.15, 0.2) is 5.65 Å². The van der Waals surface area contributed by atoms with E-state index in [4.69, 9.17) is 9.88 Å². The number of fused-ring (bicyclic) bond motifs is 2. The highest BCUT2D eigenvalue weighted by molar-refractivity contribution is 7.89. The highest BCUT2D eigenvalue weighted by Crippen LogP contribution is 2.29. The number of hydrogen-bond donors (Lipinski definition) is 2. The Kier molecular flexibility index (Phi) is 4.87. The Morgan fingerprint density at radius 2 is 1.91 bits per heavy atom. The van der Waals surface area contributed by atoms with E-state index in [2.05, 4.69) is 15.2 Å². The molecule has 3 heterocycles. The Labute approximate surface area is 183 Å². The van der Waals surface area contributed by atoms with Crippen LogP contribution in [0.1, 0.15) is 15.9 Å². The number of aromatic nitrogens is 3. The standard InChI is InChI=1S/C22H19N5O4S/c23-32(29,30)18-5-1-14(2-6-18)22(28)27-9-10-31-20-8-4-15(11-17(20)13-27)19-7-3-16-12-24-26-21(16)25-19/h1-8,11-12H,9-10,13H2,(H2,23,29,30)(H,24,25,26). The molecule has 0 saturated heterocycles. The van der Waals surface area contributed by atoms with Gasteiger partial charge >= 0.3 is 0 Å². The van der Waals surface area contributed by atoms with Gasteiger partial charge in [-0.2, -0.15) is 5.10 Å². The van der Waals surface area contributed by atoms with E-state index >= 15 is 0 Å². The lowest BCUT2D eigenvalue weighted by atomic mass is 10.1. The summed E-state index contributed by atoms with van der Waals surface area (Å²) in [4.78, 5) is 19.3. The van der Waals surface area contributed by atoms with Crippen LogP contribution in [0.3, 0.4) is 0 Å². The number of amides is 1. The van der Waals surface area contributed by atoms with Crippen LogP contribution in [0, 0.1) is 0 Å². The van der Waals surface area contributed by atoms with Gasteiger partial charge in [-0.15, -0.1) is 0 Å². The van der Waals surface area contributed by atoms with Crippen LogP contribution in [0.2, 0.25) is 0 Å². The van der Waals surface area contributed by atoms with Gasteiger partial charge in [-0.05, 0) is 54.6 Å². The van der Waals surface area contributed by atoms with Crippen molar-refractivity contribution in [1.29, 1.82) is 0 Å². The van der Waals surface area contributed by atoms with Crippen LogP contribution < -0.4 is 9.88 Å². The van der Waals surface area contributed by atoms with E-state index in [0.29, 0.717) is 30.9 Å². The Morgan fingerprint density at radius 3 is 2.69 bits per heavy atom. The maximum Gasteiger partial charge on any atom is 0.254 e. The lowest BCUT2D eigenvalue weighted by Crippen LogP contribution is -2.32. The molecule has 0 bridgehead atoms. The summed E-state index contributed by atoms with van der Waals surface area (Å²) in [7, 11) is -3.81. The number of benzene rings is 2. The van der Waals surface area contributed by atoms with Crippen molar-refractivity contribution in [2.45, 2.75) is 11.4 Å². The van der Waals surface area contributed by atoms with Gasteiger partial charge in [0, 0.05) is 28.6 Å². The van der Waals surface area contributed by atoms with E-state index in [1.54, 1.807) is 11.1 Å². The van der Waals surface area contributed by atoms with Crippen molar-refractivity contribution in [1.82, 2.24) is 20.1 Å². The number of hydrogen-bond acceptors (Lipinski definition) is 6. The van der Waals surface area contributed by atoms with E-state index < -0.39 is 10.0 Å². The Morgan fingerprint density at radius 1 is 1.09 bits per heavy atom. The molecular weight excluding hydrogens is 430 g/mol. The first-order chi connectivity index (χ1) is 15.4. The number of carbonyl (C=O) groups excluding carboxylic acids is 1. The van der Waals surface area contributed by atoms with Crippen LogP contribution >= 0.6 is 0 Å². The zero-order chi connectivity index (χ0) is 22.3. The van der Waals surface area contributed by atoms with Crippen LogP contribution in [-0.4, -0.2) is 47.6 Å². The average molecular weight is 449 g/mol. The number of H-pyrrole nitrogens is 1. The molecule has 5 rings (SSSR count). The SMILES string of the molecule is NS(=O)(=O)c1ccc(C(=O)N2CCOc3ccc(-c4ccc5cn[nH]c5n4)cc3C2)cc1. The second-order valence-electron chi connectivity index (χ2n) is 7.47. The summed E-state index contributed by atoms with van der Waals surface area (Å²) in [6, 6.07) is 15.3. The summed E-state index contributed by atoms with van der Waals surface area (Å²) in [6.45, 7) is 1.11. The molecule has 2 aromatic heterocycles. The van der Waals surface area contributed by atoms with Crippen molar-refractivity contribution < 1.29 is 17.9 Å². The van der Waals surface area contributed by atoms with Crippen LogP contribution in [0.15, 0.2) is 65.7 Å². The molecule has 2 aromatic carbocycles. The second kappa shape index (κ2) is 7.74. The van der Waals surface area contributed by atoms with Crippen LogP contribution in [-0.2, 0) is 16.6 Å². The fourth-order valence-corrected chi connectivity index (χ4v) is 4.20. The van der Waals surface area contributed by atoms with Gasteiger partial charge in [0.2, 0.25) is 10.0 Å². The van der Waals surface area contributed by atoms with E-state index in [1.165, 1.54) is 24.3 Å². The minimum absolute atomic E-state index is 0.0371. The summed E-state index contributed by atoms with van der Waals surface area (Å²) in [5.74, 6) is 0.501. The number of nitrogens with zero attached hydrogens (tertiary/aromatic N) is 3. The van der Waals surface area contributed by atoms with Crippen LogP contribution in [0.4, 0.5) is 0 Å². The fourth-order valence-electron chi connectivity index (χ4n) is 3.68. The molecule has 0 atom stereocenters. The summed E-state index contributed by atoms with van der Waals surface area (Å²) < 4.78 is 28.8. The lowest BCUT2D eigenvalue weighted by Gasteiger charge is -2.20. The molecule has 0 saturated carbocycles. The molecular formula is C22H19N5O4S. The Balaban J connectivity index is 1.43. The summed E-state index contributed by atoms with van der Waals surface area (Å²) in [5.41, 5.74) is 3.62. The molecule has 1 aliphatic rings. The first kappa shape index (κ1) is 20.2. The summed E-state index contributed by atoms with van der Waals surface area (Å²) >= 11 is 0. The maximum absolute atomic E-state index is 13.1. The smallest absolute Gasteiger partial charge is 0.254 e. The Bertz CT molecular complexity index is 1430. The highest BCUT2D eigenvalue weighted by Gasteiger charge is 2.22. The zero-order valence-corrected chi connectivity index (χ0v) is 17.7. The van der Waals surface area contributed by atoms with Crippen molar-refractivity contribution in [3.05, 3.63) is 71.9 Å². The number of sulfonamides is 1. The van der Waals surface area contributed by atoms with Crippen LogP contribution in [0.25, 0.3) is 22.3 Å². The molecule has 0 fully saturated rings. The predicted molar refractivity (Wildman–Crippen MR) is 117 cm³/mol. The number of rotatable bonds is 3. The number of nitrogens with one attached hydrogen (secondary N) is 1. The first-order valence-electron chi connectivity index (χ1n) is 9.87. The third kappa shape index (κ3) is 3.81. The fraction of sp³-hybridized carbons (Fsp3) is 0.136. The van der Waals surface area contributed by atoms with Gasteiger partial charge in [-0.25, -0.2) is 18.5 Å². The number of nitrogens with two attached hydrogens (primary N) is 1. The lowest BCUT2D eigenvalue weighted by molar-refractivity contribution is 0.0733. The number of ether oxygens (including phenoxy) is 1. The average Bonchev–Trinajstić information content (AvgIpc) is 3.15. The predicted octanol–water partition coefficient (Wildman–Crippen LogP) is 2.31. The normalized spacial score (nSPS) is 14.0. The van der Waals surface area contributed by atoms with Crippen molar-refractivity contribution in [3.8, 4) is 17.0 Å². The number of aromatic amines is 1. The third-order valence-corrected chi connectivity index (χ3v) is 6.28. The molecule has 32 heavy (non-hydrogen) atoms. The molecule has 10 heteroatoms. The van der Waals surface area contributed by atoms with Gasteiger partial charge in [0.1, 0.15) is 12.4 Å². The number of pyridine rings is 1. The molecule has 0 spiro atoms. The molecule has 162 valence electrons. The molecule has 0 aliphatic carbocycles. The third-order valence-electron chi connectivity index (χ3n) is 5.35. The van der Waals surface area contributed by atoms with Crippen LogP contribution in [0.5, 0.6) is 5.75 Å². The number of primary sulfonamides is 1. The van der Waals surface area contributed by atoms with E-state index in [1.807, 2.05) is 30.3 Å². The minimum Gasteiger partial charge on any atom is -0.491 e. The molecule has 4 aromatic rings. The van der Waals surface area contributed by atoms with Gasteiger partial charge in [0.25, 0.3) is 5.91 Å². The van der Waals surface area contributed by atoms with Crippen molar-refractivity contribution in [2.24, 2.45) is 5.14 Å². The van der Waals surface area contributed by atoms with E-state index in [0.717, 1.165) is 28.0 Å². The maximum atomic E-state index is 13.1. The molecule has 1 aliphatic heterocycles. The monoisotopic (exact) mass is 449 g/mol. The van der Waals surface area contributed by atoms with E-state index in [-0.39, 0.29) is 10.8 Å². The summed E-state index contributed by atoms with van der Waals surface area (Å²) in [5, 5.41) is 12.9. The van der Waals surface area contributed by atoms with Crippen molar-refractivity contribution in [3.63, 3.8) is 0 Å². The number of carbonyl (C=O) groups is 1.